The van der Waals surface area contributed by atoms with Gasteiger partial charge in [-0.05, 0) is 89.9 Å². The molecule has 1 unspecified atom stereocenters. The Hall–Kier alpha value is -3.33. The van der Waals surface area contributed by atoms with Crippen molar-refractivity contribution >= 4 is 21.7 Å². The molecule has 5 nitrogen and oxygen atoms in total. The molecule has 9 heteroatoms. The van der Waals surface area contributed by atoms with Gasteiger partial charge in [0.25, 0.3) is 10.0 Å². The first kappa shape index (κ1) is 27.2. The standard InChI is InChI=1S/C30H30F3NO4S/c1-4-38-28(35)15-19-13-21-7-11-25(16-23(21)14-19)39(36,37)34-18-29(2,3)26-17-22(8-12-27(26)34)20-5-9-24(10-6-20)30(31,32)33/h5-12,16-17,19H,4,13-15,18H2,1-3H3. The van der Waals surface area contributed by atoms with Crippen molar-refractivity contribution in [3.05, 3.63) is 82.9 Å². The number of carbonyl (C=O) groups is 1. The molecule has 1 heterocycles. The summed E-state index contributed by atoms with van der Waals surface area (Å²) in [6.07, 6.45) is -2.77. The van der Waals surface area contributed by atoms with Crippen LogP contribution in [0.3, 0.4) is 0 Å². The number of esters is 1. The third-order valence-electron chi connectivity index (χ3n) is 7.62. The van der Waals surface area contributed by atoms with E-state index in [0.29, 0.717) is 37.1 Å². The minimum Gasteiger partial charge on any atom is -0.466 e. The summed E-state index contributed by atoms with van der Waals surface area (Å²) >= 11 is 0. The van der Waals surface area contributed by atoms with Crippen molar-refractivity contribution in [3.63, 3.8) is 0 Å². The summed E-state index contributed by atoms with van der Waals surface area (Å²) in [6, 6.07) is 15.5. The van der Waals surface area contributed by atoms with Crippen LogP contribution in [0.1, 0.15) is 49.4 Å². The number of alkyl halides is 3. The highest BCUT2D eigenvalue weighted by Gasteiger charge is 2.42. The highest BCUT2D eigenvalue weighted by Crippen LogP contribution is 2.45. The van der Waals surface area contributed by atoms with E-state index in [-0.39, 0.29) is 23.3 Å². The zero-order chi connectivity index (χ0) is 28.2. The van der Waals surface area contributed by atoms with E-state index in [4.69, 9.17) is 4.74 Å². The molecule has 3 aromatic carbocycles. The van der Waals surface area contributed by atoms with Gasteiger partial charge < -0.3 is 4.74 Å². The highest BCUT2D eigenvalue weighted by atomic mass is 32.2. The van der Waals surface area contributed by atoms with Crippen LogP contribution in [0.15, 0.2) is 65.6 Å². The lowest BCUT2D eigenvalue weighted by Gasteiger charge is -2.22. The number of halogens is 3. The Kier molecular flexibility index (Phi) is 6.77. The quantitative estimate of drug-likeness (QED) is 0.324. The molecular weight excluding hydrogens is 527 g/mol. The maximum absolute atomic E-state index is 13.9. The normalized spacial score (nSPS) is 18.1. The summed E-state index contributed by atoms with van der Waals surface area (Å²) < 4.78 is 73.2. The molecule has 1 aliphatic heterocycles. The van der Waals surface area contributed by atoms with Crippen LogP contribution >= 0.6 is 0 Å². The fraction of sp³-hybridized carbons (Fsp3) is 0.367. The molecule has 0 radical (unpaired) electrons. The average Bonchev–Trinajstić information content (AvgIpc) is 3.40. The Balaban J connectivity index is 1.42. The van der Waals surface area contributed by atoms with Gasteiger partial charge in [-0.3, -0.25) is 9.10 Å². The number of fused-ring (bicyclic) bond motifs is 2. The number of anilines is 1. The van der Waals surface area contributed by atoms with Gasteiger partial charge in [-0.15, -0.1) is 0 Å². The predicted octanol–water partition coefficient (Wildman–Crippen LogP) is 6.53. The molecule has 0 N–H and O–H groups in total. The lowest BCUT2D eigenvalue weighted by atomic mass is 9.85. The first-order chi connectivity index (χ1) is 18.3. The molecule has 2 aliphatic rings. The Morgan fingerprint density at radius 2 is 1.64 bits per heavy atom. The van der Waals surface area contributed by atoms with Gasteiger partial charge in [-0.2, -0.15) is 13.2 Å². The van der Waals surface area contributed by atoms with E-state index >= 15 is 0 Å². The van der Waals surface area contributed by atoms with E-state index in [2.05, 4.69) is 0 Å². The Morgan fingerprint density at radius 1 is 0.974 bits per heavy atom. The molecule has 3 aromatic rings. The van der Waals surface area contributed by atoms with Crippen molar-refractivity contribution < 1.29 is 31.1 Å². The van der Waals surface area contributed by atoms with Gasteiger partial charge in [0.1, 0.15) is 0 Å². The molecule has 206 valence electrons. The second-order valence-electron chi connectivity index (χ2n) is 10.9. The van der Waals surface area contributed by atoms with Crippen LogP contribution < -0.4 is 4.31 Å². The molecule has 1 aliphatic carbocycles. The second-order valence-corrected chi connectivity index (χ2v) is 12.8. The summed E-state index contributed by atoms with van der Waals surface area (Å²) in [5, 5.41) is 0. The van der Waals surface area contributed by atoms with Crippen LogP contribution in [0, 0.1) is 5.92 Å². The van der Waals surface area contributed by atoms with Crippen LogP contribution in [0.4, 0.5) is 18.9 Å². The van der Waals surface area contributed by atoms with Crippen molar-refractivity contribution in [1.82, 2.24) is 0 Å². The van der Waals surface area contributed by atoms with Crippen LogP contribution in [-0.4, -0.2) is 27.5 Å². The summed E-state index contributed by atoms with van der Waals surface area (Å²) in [5.74, 6) is -0.151. The SMILES string of the molecule is CCOC(=O)CC1Cc2ccc(S(=O)(=O)N3CC(C)(C)c4cc(-c5ccc(C(F)(F)F)cc5)ccc43)cc2C1. The van der Waals surface area contributed by atoms with E-state index in [1.54, 1.807) is 31.2 Å². The number of benzene rings is 3. The van der Waals surface area contributed by atoms with Gasteiger partial charge in [0.15, 0.2) is 0 Å². The first-order valence-corrected chi connectivity index (χ1v) is 14.4. The van der Waals surface area contributed by atoms with Crippen LogP contribution in [0.25, 0.3) is 11.1 Å². The molecule has 5 rings (SSSR count). The highest BCUT2D eigenvalue weighted by molar-refractivity contribution is 7.92. The molecule has 39 heavy (non-hydrogen) atoms. The van der Waals surface area contributed by atoms with Crippen molar-refractivity contribution in [2.24, 2.45) is 5.92 Å². The van der Waals surface area contributed by atoms with Gasteiger partial charge in [-0.25, -0.2) is 8.42 Å². The fourth-order valence-electron chi connectivity index (χ4n) is 5.64. The molecule has 0 bridgehead atoms. The molecule has 1 atom stereocenters. The molecule has 0 saturated heterocycles. The van der Waals surface area contributed by atoms with Crippen LogP contribution in [-0.2, 0) is 44.0 Å². The topological polar surface area (TPSA) is 63.7 Å². The third-order valence-corrected chi connectivity index (χ3v) is 9.38. The number of carbonyl (C=O) groups excluding carboxylic acids is 1. The number of ether oxygens (including phenoxy) is 1. The van der Waals surface area contributed by atoms with Gasteiger partial charge >= 0.3 is 12.1 Å². The van der Waals surface area contributed by atoms with Gasteiger partial charge in [0.2, 0.25) is 0 Å². The average molecular weight is 558 g/mol. The first-order valence-electron chi connectivity index (χ1n) is 12.9. The van der Waals surface area contributed by atoms with E-state index in [9.17, 15) is 26.4 Å². The van der Waals surface area contributed by atoms with Crippen LogP contribution in [0.2, 0.25) is 0 Å². The smallest absolute Gasteiger partial charge is 0.416 e. The lowest BCUT2D eigenvalue weighted by Crippen LogP contribution is -2.34. The van der Waals surface area contributed by atoms with E-state index in [0.717, 1.165) is 34.4 Å². The monoisotopic (exact) mass is 557 g/mol. The van der Waals surface area contributed by atoms with E-state index in [1.807, 2.05) is 26.0 Å². The third kappa shape index (κ3) is 5.16. The number of hydrogen-bond acceptors (Lipinski definition) is 4. The number of nitrogens with zero attached hydrogens (tertiary/aromatic N) is 1. The number of hydrogen-bond donors (Lipinski definition) is 0. The maximum Gasteiger partial charge on any atom is 0.416 e. The van der Waals surface area contributed by atoms with Crippen molar-refractivity contribution in [2.45, 2.75) is 56.5 Å². The molecule has 0 amide bonds. The van der Waals surface area contributed by atoms with E-state index < -0.39 is 27.2 Å². The van der Waals surface area contributed by atoms with Crippen LogP contribution in [0.5, 0.6) is 0 Å². The minimum atomic E-state index is -4.41. The Morgan fingerprint density at radius 3 is 2.31 bits per heavy atom. The molecular formula is C30H30F3NO4S. The molecule has 0 fully saturated rings. The van der Waals surface area contributed by atoms with Crippen molar-refractivity contribution in [1.29, 1.82) is 0 Å². The summed E-state index contributed by atoms with van der Waals surface area (Å²) in [7, 11) is -3.88. The van der Waals surface area contributed by atoms with Gasteiger partial charge in [0.05, 0.1) is 22.8 Å². The molecule has 0 spiro atoms. The largest absolute Gasteiger partial charge is 0.466 e. The fourth-order valence-corrected chi connectivity index (χ4v) is 7.34. The minimum absolute atomic E-state index is 0.0899. The van der Waals surface area contributed by atoms with Crippen molar-refractivity contribution in [3.8, 4) is 11.1 Å². The van der Waals surface area contributed by atoms with E-state index in [1.165, 1.54) is 16.4 Å². The second kappa shape index (κ2) is 9.70. The zero-order valence-electron chi connectivity index (χ0n) is 22.0. The van der Waals surface area contributed by atoms with Gasteiger partial charge in [0, 0.05) is 18.4 Å². The van der Waals surface area contributed by atoms with Gasteiger partial charge in [-0.1, -0.05) is 38.1 Å². The zero-order valence-corrected chi connectivity index (χ0v) is 22.8. The Bertz CT molecular complexity index is 1530. The van der Waals surface area contributed by atoms with Crippen molar-refractivity contribution in [2.75, 3.05) is 17.5 Å². The summed E-state index contributed by atoms with van der Waals surface area (Å²) in [4.78, 5) is 12.1. The Labute approximate surface area is 226 Å². The summed E-state index contributed by atoms with van der Waals surface area (Å²) in [6.45, 7) is 6.26. The molecule has 0 aromatic heterocycles. The number of rotatable bonds is 6. The predicted molar refractivity (Wildman–Crippen MR) is 143 cm³/mol. The number of sulfonamides is 1. The molecule has 0 saturated carbocycles. The maximum atomic E-state index is 13.9. The summed E-state index contributed by atoms with van der Waals surface area (Å²) in [5.41, 5.74) is 3.49. The lowest BCUT2D eigenvalue weighted by molar-refractivity contribution is -0.144.